The van der Waals surface area contributed by atoms with Crippen LogP contribution in [0.3, 0.4) is 0 Å². The van der Waals surface area contributed by atoms with Crippen molar-refractivity contribution in [2.75, 3.05) is 25.0 Å². The lowest BCUT2D eigenvalue weighted by atomic mass is 9.82. The summed E-state index contributed by atoms with van der Waals surface area (Å²) in [6, 6.07) is 0. The van der Waals surface area contributed by atoms with Crippen molar-refractivity contribution in [2.24, 2.45) is 17.8 Å². The van der Waals surface area contributed by atoms with Crippen molar-refractivity contribution in [3.8, 4) is 0 Å². The molecule has 0 atom stereocenters. The van der Waals surface area contributed by atoms with Gasteiger partial charge in [-0.2, -0.15) is 0 Å². The molecule has 14 heavy (non-hydrogen) atoms. The summed E-state index contributed by atoms with van der Waals surface area (Å²) in [5, 5.41) is 1.20. The standard InChI is InChI=1S/C12H22BrN/c1-10-2-4-11(5-3-10)7-14-8-12(6-13)9-14/h10-12H,2-9H2,1H3. The largest absolute Gasteiger partial charge is 0.302 e. The summed E-state index contributed by atoms with van der Waals surface area (Å²) in [5.41, 5.74) is 0. The van der Waals surface area contributed by atoms with E-state index in [4.69, 9.17) is 0 Å². The van der Waals surface area contributed by atoms with Crippen molar-refractivity contribution >= 4 is 15.9 Å². The van der Waals surface area contributed by atoms with Gasteiger partial charge in [-0.15, -0.1) is 0 Å². The van der Waals surface area contributed by atoms with E-state index >= 15 is 0 Å². The van der Waals surface area contributed by atoms with Crippen LogP contribution in [0.5, 0.6) is 0 Å². The molecule has 0 spiro atoms. The molecule has 0 unspecified atom stereocenters. The number of hydrogen-bond acceptors (Lipinski definition) is 1. The number of nitrogens with zero attached hydrogens (tertiary/aromatic N) is 1. The van der Waals surface area contributed by atoms with Crippen molar-refractivity contribution in [3.63, 3.8) is 0 Å². The quantitative estimate of drug-likeness (QED) is 0.705. The number of likely N-dealkylation sites (tertiary alicyclic amines) is 1. The van der Waals surface area contributed by atoms with Gasteiger partial charge in [0.1, 0.15) is 0 Å². The highest BCUT2D eigenvalue weighted by Gasteiger charge is 2.28. The van der Waals surface area contributed by atoms with Gasteiger partial charge in [0, 0.05) is 25.0 Å². The Kier molecular flexibility index (Phi) is 3.89. The van der Waals surface area contributed by atoms with Crippen LogP contribution in [0.15, 0.2) is 0 Å². The lowest BCUT2D eigenvalue weighted by Crippen LogP contribution is -2.49. The Morgan fingerprint density at radius 3 is 2.29 bits per heavy atom. The Balaban J connectivity index is 1.62. The summed E-state index contributed by atoms with van der Waals surface area (Å²) in [7, 11) is 0. The average molecular weight is 260 g/mol. The fourth-order valence-electron chi connectivity index (χ4n) is 2.80. The van der Waals surface area contributed by atoms with Crippen molar-refractivity contribution in [1.29, 1.82) is 0 Å². The zero-order valence-corrected chi connectivity index (χ0v) is 10.8. The first kappa shape index (κ1) is 10.9. The topological polar surface area (TPSA) is 3.24 Å². The van der Waals surface area contributed by atoms with Crippen molar-refractivity contribution in [3.05, 3.63) is 0 Å². The predicted molar refractivity (Wildman–Crippen MR) is 64.8 cm³/mol. The van der Waals surface area contributed by atoms with E-state index in [1.165, 1.54) is 50.6 Å². The van der Waals surface area contributed by atoms with E-state index in [1.54, 1.807) is 0 Å². The summed E-state index contributed by atoms with van der Waals surface area (Å²) >= 11 is 3.56. The first-order valence-electron chi connectivity index (χ1n) is 6.06. The molecule has 2 heteroatoms. The zero-order chi connectivity index (χ0) is 9.97. The SMILES string of the molecule is CC1CCC(CN2CC(CBr)C2)CC1. The molecule has 0 radical (unpaired) electrons. The lowest BCUT2D eigenvalue weighted by molar-refractivity contribution is 0.0819. The van der Waals surface area contributed by atoms with Gasteiger partial charge >= 0.3 is 0 Å². The summed E-state index contributed by atoms with van der Waals surface area (Å²) in [4.78, 5) is 2.65. The van der Waals surface area contributed by atoms with Gasteiger partial charge in [-0.1, -0.05) is 35.7 Å². The third-order valence-corrected chi connectivity index (χ3v) is 4.82. The molecule has 1 nitrogen and oxygen atoms in total. The zero-order valence-electron chi connectivity index (χ0n) is 9.21. The molecule has 0 amide bonds. The maximum atomic E-state index is 3.56. The summed E-state index contributed by atoms with van der Waals surface area (Å²) in [6.45, 7) is 6.48. The van der Waals surface area contributed by atoms with Gasteiger partial charge in [0.15, 0.2) is 0 Å². The molecule has 2 rings (SSSR count). The molecule has 1 aliphatic carbocycles. The molecular weight excluding hydrogens is 238 g/mol. The molecule has 82 valence electrons. The third-order valence-electron chi connectivity index (χ3n) is 3.90. The highest BCUT2D eigenvalue weighted by atomic mass is 79.9. The van der Waals surface area contributed by atoms with Gasteiger partial charge in [-0.3, -0.25) is 0 Å². The van der Waals surface area contributed by atoms with Crippen molar-refractivity contribution < 1.29 is 0 Å². The Labute approximate surface area is 96.4 Å². The smallest absolute Gasteiger partial charge is 0.00841 e. The van der Waals surface area contributed by atoms with Crippen LogP contribution >= 0.6 is 15.9 Å². The predicted octanol–water partition coefficient (Wildman–Crippen LogP) is 3.14. The lowest BCUT2D eigenvalue weighted by Gasteiger charge is -2.41. The van der Waals surface area contributed by atoms with Gasteiger partial charge in [0.2, 0.25) is 0 Å². The monoisotopic (exact) mass is 259 g/mol. The second kappa shape index (κ2) is 4.98. The number of rotatable bonds is 3. The van der Waals surface area contributed by atoms with Crippen LogP contribution in [0.4, 0.5) is 0 Å². The third kappa shape index (κ3) is 2.73. The molecule has 2 fully saturated rings. The first-order chi connectivity index (χ1) is 6.78. The number of alkyl halides is 1. The molecule has 0 aromatic rings. The highest BCUT2D eigenvalue weighted by molar-refractivity contribution is 9.09. The van der Waals surface area contributed by atoms with E-state index < -0.39 is 0 Å². The minimum Gasteiger partial charge on any atom is -0.302 e. The minimum atomic E-state index is 0.942. The molecule has 0 bridgehead atoms. The van der Waals surface area contributed by atoms with Crippen LogP contribution in [-0.2, 0) is 0 Å². The van der Waals surface area contributed by atoms with Crippen molar-refractivity contribution in [1.82, 2.24) is 4.90 Å². The maximum Gasteiger partial charge on any atom is 0.00841 e. The minimum absolute atomic E-state index is 0.942. The van der Waals surface area contributed by atoms with Gasteiger partial charge in [-0.05, 0) is 30.6 Å². The van der Waals surface area contributed by atoms with Crippen LogP contribution in [-0.4, -0.2) is 29.9 Å². The Hall–Kier alpha value is 0.440. The molecule has 0 aromatic heterocycles. The van der Waals surface area contributed by atoms with Gasteiger partial charge in [0.25, 0.3) is 0 Å². The molecule has 0 aromatic carbocycles. The van der Waals surface area contributed by atoms with E-state index in [2.05, 4.69) is 27.8 Å². The molecule has 1 saturated carbocycles. The average Bonchev–Trinajstić information content (AvgIpc) is 2.13. The van der Waals surface area contributed by atoms with Gasteiger partial charge in [0.05, 0.1) is 0 Å². The molecule has 1 saturated heterocycles. The number of halogens is 1. The summed E-state index contributed by atoms with van der Waals surface area (Å²) in [6.07, 6.45) is 5.91. The maximum absolute atomic E-state index is 3.56. The second-order valence-corrected chi connectivity index (χ2v) is 6.01. The summed E-state index contributed by atoms with van der Waals surface area (Å²) < 4.78 is 0. The highest BCUT2D eigenvalue weighted by Crippen LogP contribution is 2.30. The van der Waals surface area contributed by atoms with Crippen molar-refractivity contribution in [2.45, 2.75) is 32.6 Å². The van der Waals surface area contributed by atoms with Gasteiger partial charge in [-0.25, -0.2) is 0 Å². The van der Waals surface area contributed by atoms with E-state index in [1.807, 2.05) is 0 Å². The summed E-state index contributed by atoms with van der Waals surface area (Å²) in [5.74, 6) is 2.96. The normalized spacial score (nSPS) is 35.6. The Morgan fingerprint density at radius 1 is 1.07 bits per heavy atom. The van der Waals surface area contributed by atoms with Crippen LogP contribution in [0.2, 0.25) is 0 Å². The molecule has 1 aliphatic heterocycles. The van der Waals surface area contributed by atoms with Crippen LogP contribution < -0.4 is 0 Å². The van der Waals surface area contributed by atoms with Crippen LogP contribution in [0.1, 0.15) is 32.6 Å². The molecule has 2 aliphatic rings. The van der Waals surface area contributed by atoms with Crippen LogP contribution in [0, 0.1) is 17.8 Å². The Morgan fingerprint density at radius 2 is 1.71 bits per heavy atom. The fourth-order valence-corrected chi connectivity index (χ4v) is 3.21. The van der Waals surface area contributed by atoms with Gasteiger partial charge < -0.3 is 4.90 Å². The van der Waals surface area contributed by atoms with Crippen LogP contribution in [0.25, 0.3) is 0 Å². The molecular formula is C12H22BrN. The van der Waals surface area contributed by atoms with E-state index in [0.717, 1.165) is 17.8 Å². The molecule has 1 heterocycles. The molecule has 0 N–H and O–H groups in total. The van der Waals surface area contributed by atoms with E-state index in [-0.39, 0.29) is 0 Å². The Bertz CT molecular complexity index is 169. The van der Waals surface area contributed by atoms with E-state index in [0.29, 0.717) is 0 Å². The van der Waals surface area contributed by atoms with E-state index in [9.17, 15) is 0 Å². The fraction of sp³-hybridized carbons (Fsp3) is 1.00. The number of hydrogen-bond donors (Lipinski definition) is 0. The second-order valence-electron chi connectivity index (χ2n) is 5.36. The first-order valence-corrected chi connectivity index (χ1v) is 7.18.